The van der Waals surface area contributed by atoms with Crippen LogP contribution in [0.3, 0.4) is 0 Å². The minimum absolute atomic E-state index is 0.417. The van der Waals surface area contributed by atoms with Crippen molar-refractivity contribution < 1.29 is 13.7 Å². The van der Waals surface area contributed by atoms with Crippen molar-refractivity contribution in [3.63, 3.8) is 0 Å². The molecule has 1 heterocycles. The highest BCUT2D eigenvalue weighted by molar-refractivity contribution is 5.77. The third kappa shape index (κ3) is 2.05. The van der Waals surface area contributed by atoms with Crippen LogP contribution in [0.1, 0.15) is 5.56 Å². The van der Waals surface area contributed by atoms with Gasteiger partial charge in [0, 0.05) is 6.07 Å². The zero-order valence-corrected chi connectivity index (χ0v) is 11.3. The van der Waals surface area contributed by atoms with Gasteiger partial charge in [-0.25, -0.2) is 0 Å². The molecule has 0 fully saturated rings. The smallest absolute Gasteiger partial charge is 0.497 e. The predicted molar refractivity (Wildman–Crippen MR) is 75.3 cm³/mol. The minimum atomic E-state index is -0.417. The average molecular weight is 268 g/mol. The Bertz CT molecular complexity index is 836. The van der Waals surface area contributed by atoms with Crippen LogP contribution in [0.15, 0.2) is 57.9 Å². The molecule has 4 heteroatoms. The average Bonchev–Trinajstić information content (AvgIpc) is 2.48. The maximum Gasteiger partial charge on any atom is 0.608 e. The van der Waals surface area contributed by atoms with Gasteiger partial charge in [-0.3, -0.25) is 0 Å². The van der Waals surface area contributed by atoms with Gasteiger partial charge in [0.25, 0.3) is 0 Å². The zero-order valence-electron chi connectivity index (χ0n) is 11.3. The molecule has 3 aromatic rings. The van der Waals surface area contributed by atoms with Crippen molar-refractivity contribution in [2.24, 2.45) is 0 Å². The molecule has 0 unspecified atom stereocenters. The fourth-order valence-electron chi connectivity index (χ4n) is 2.18. The van der Waals surface area contributed by atoms with Gasteiger partial charge in [0.2, 0.25) is 5.69 Å². The van der Waals surface area contributed by atoms with Crippen LogP contribution >= 0.6 is 0 Å². The highest BCUT2D eigenvalue weighted by Crippen LogP contribution is 2.16. The Morgan fingerprint density at radius 2 is 1.95 bits per heavy atom. The molecule has 0 saturated heterocycles. The standard InChI is InChI=1S/C16H14NO3/c1-11-5-3-6-12-10-17(16(18)20-15(11)12)13-7-4-8-14(9-13)19-2/h3-10H,1-2H3/q+1. The Labute approximate surface area is 115 Å². The quantitative estimate of drug-likeness (QED) is 0.670. The van der Waals surface area contributed by atoms with Gasteiger partial charge in [-0.2, -0.15) is 4.79 Å². The molecule has 0 aliphatic heterocycles. The lowest BCUT2D eigenvalue weighted by Gasteiger charge is -2.01. The van der Waals surface area contributed by atoms with E-state index in [9.17, 15) is 4.79 Å². The zero-order chi connectivity index (χ0) is 14.1. The van der Waals surface area contributed by atoms with Crippen LogP contribution in [-0.4, -0.2) is 7.11 Å². The normalized spacial score (nSPS) is 10.7. The van der Waals surface area contributed by atoms with Gasteiger partial charge in [-0.05, 0) is 24.6 Å². The molecular weight excluding hydrogens is 254 g/mol. The highest BCUT2D eigenvalue weighted by Gasteiger charge is 2.16. The van der Waals surface area contributed by atoms with Crippen molar-refractivity contribution in [2.45, 2.75) is 6.92 Å². The van der Waals surface area contributed by atoms with E-state index in [1.165, 1.54) is 4.57 Å². The first-order chi connectivity index (χ1) is 9.69. The molecule has 1 aromatic heterocycles. The summed E-state index contributed by atoms with van der Waals surface area (Å²) in [4.78, 5) is 12.1. The maximum atomic E-state index is 12.1. The number of rotatable bonds is 2. The van der Waals surface area contributed by atoms with Crippen molar-refractivity contribution in [3.8, 4) is 11.4 Å². The number of para-hydroxylation sites is 1. The monoisotopic (exact) mass is 268 g/mol. The summed E-state index contributed by atoms with van der Waals surface area (Å²) >= 11 is 0. The van der Waals surface area contributed by atoms with Gasteiger partial charge in [0.15, 0.2) is 11.8 Å². The van der Waals surface area contributed by atoms with E-state index in [0.717, 1.165) is 10.9 Å². The Morgan fingerprint density at radius 3 is 2.75 bits per heavy atom. The van der Waals surface area contributed by atoms with Crippen molar-refractivity contribution in [2.75, 3.05) is 7.11 Å². The molecule has 0 bridgehead atoms. The minimum Gasteiger partial charge on any atom is -0.497 e. The fraction of sp³-hybridized carbons (Fsp3) is 0.125. The summed E-state index contributed by atoms with van der Waals surface area (Å²) in [7, 11) is 1.59. The number of ether oxygens (including phenoxy) is 1. The molecule has 2 aromatic carbocycles. The van der Waals surface area contributed by atoms with Crippen LogP contribution in [0, 0.1) is 6.92 Å². The van der Waals surface area contributed by atoms with E-state index >= 15 is 0 Å². The van der Waals surface area contributed by atoms with E-state index in [-0.39, 0.29) is 0 Å². The molecule has 0 saturated carbocycles. The fourth-order valence-corrected chi connectivity index (χ4v) is 2.18. The summed E-state index contributed by atoms with van der Waals surface area (Å²) < 4.78 is 12.1. The van der Waals surface area contributed by atoms with Gasteiger partial charge >= 0.3 is 5.76 Å². The molecule has 3 rings (SSSR count). The first-order valence-corrected chi connectivity index (χ1v) is 6.28. The van der Waals surface area contributed by atoms with E-state index in [0.29, 0.717) is 17.0 Å². The molecule has 0 radical (unpaired) electrons. The summed E-state index contributed by atoms with van der Waals surface area (Å²) in [6.07, 6.45) is 1.78. The lowest BCUT2D eigenvalue weighted by Crippen LogP contribution is -2.46. The lowest BCUT2D eigenvalue weighted by molar-refractivity contribution is -0.623. The number of nitrogens with zero attached hydrogens (tertiary/aromatic N) is 1. The second-order valence-corrected chi connectivity index (χ2v) is 4.56. The number of aryl methyl sites for hydroxylation is 1. The van der Waals surface area contributed by atoms with Crippen LogP contribution in [0.25, 0.3) is 16.7 Å². The molecule has 100 valence electrons. The second-order valence-electron chi connectivity index (χ2n) is 4.56. The second kappa shape index (κ2) is 4.81. The molecular formula is C16H14NO3+. The molecule has 0 N–H and O–H groups in total. The summed E-state index contributed by atoms with van der Waals surface area (Å²) in [6.45, 7) is 1.92. The molecule has 0 spiro atoms. The van der Waals surface area contributed by atoms with Crippen molar-refractivity contribution in [3.05, 3.63) is 64.8 Å². The Morgan fingerprint density at radius 1 is 1.15 bits per heavy atom. The summed E-state index contributed by atoms with van der Waals surface area (Å²) in [6, 6.07) is 13.1. The number of methoxy groups -OCH3 is 1. The Kier molecular flexibility index (Phi) is 2.99. The van der Waals surface area contributed by atoms with E-state index in [1.54, 1.807) is 19.4 Å². The van der Waals surface area contributed by atoms with Gasteiger partial charge < -0.3 is 9.15 Å². The van der Waals surface area contributed by atoms with E-state index < -0.39 is 5.76 Å². The summed E-state index contributed by atoms with van der Waals surface area (Å²) in [5.41, 5.74) is 2.27. The van der Waals surface area contributed by atoms with Crippen LogP contribution in [-0.2, 0) is 0 Å². The predicted octanol–water partition coefficient (Wildman–Crippen LogP) is 2.39. The lowest BCUT2D eigenvalue weighted by atomic mass is 10.2. The Balaban J connectivity index is 2.26. The maximum absolute atomic E-state index is 12.1. The van der Waals surface area contributed by atoms with E-state index in [1.807, 2.05) is 43.3 Å². The molecule has 20 heavy (non-hydrogen) atoms. The molecule has 0 atom stereocenters. The number of benzene rings is 2. The topological polar surface area (TPSA) is 43.3 Å². The van der Waals surface area contributed by atoms with E-state index in [2.05, 4.69) is 0 Å². The van der Waals surface area contributed by atoms with Crippen LogP contribution in [0.4, 0.5) is 0 Å². The molecule has 4 nitrogen and oxygen atoms in total. The number of aromatic nitrogens is 1. The SMILES string of the molecule is COc1cccc(-[n+]2cc3cccc(C)c3oc2=O)c1. The third-order valence-corrected chi connectivity index (χ3v) is 3.23. The molecule has 0 aliphatic rings. The van der Waals surface area contributed by atoms with Gasteiger partial charge in [-0.1, -0.05) is 22.8 Å². The van der Waals surface area contributed by atoms with Crippen molar-refractivity contribution in [1.29, 1.82) is 0 Å². The van der Waals surface area contributed by atoms with Gasteiger partial charge in [0.05, 0.1) is 18.6 Å². The molecule has 0 amide bonds. The van der Waals surface area contributed by atoms with Gasteiger partial charge in [-0.15, -0.1) is 0 Å². The first-order valence-electron chi connectivity index (χ1n) is 6.28. The van der Waals surface area contributed by atoms with Crippen LogP contribution in [0.2, 0.25) is 0 Å². The van der Waals surface area contributed by atoms with Crippen molar-refractivity contribution in [1.82, 2.24) is 0 Å². The molecule has 0 aliphatic carbocycles. The number of hydrogen-bond donors (Lipinski definition) is 0. The van der Waals surface area contributed by atoms with Gasteiger partial charge in [0.1, 0.15) is 5.75 Å². The number of fused-ring (bicyclic) bond motifs is 1. The van der Waals surface area contributed by atoms with Crippen LogP contribution < -0.4 is 15.1 Å². The third-order valence-electron chi connectivity index (χ3n) is 3.23. The first kappa shape index (κ1) is 12.4. The highest BCUT2D eigenvalue weighted by atomic mass is 16.5. The summed E-state index contributed by atoms with van der Waals surface area (Å²) in [5.74, 6) is 0.277. The summed E-state index contributed by atoms with van der Waals surface area (Å²) in [5, 5.41) is 0.882. The van der Waals surface area contributed by atoms with Crippen molar-refractivity contribution >= 4 is 11.0 Å². The van der Waals surface area contributed by atoms with Crippen LogP contribution in [0.5, 0.6) is 5.75 Å². The largest absolute Gasteiger partial charge is 0.608 e. The van der Waals surface area contributed by atoms with E-state index in [4.69, 9.17) is 9.15 Å². The number of hydrogen-bond acceptors (Lipinski definition) is 3. The Hall–Kier alpha value is -2.62.